The van der Waals surface area contributed by atoms with Gasteiger partial charge in [0.05, 0.1) is 12.1 Å². The van der Waals surface area contributed by atoms with Gasteiger partial charge in [-0.25, -0.2) is 0 Å². The summed E-state index contributed by atoms with van der Waals surface area (Å²) in [5.41, 5.74) is 0. The van der Waals surface area contributed by atoms with Gasteiger partial charge >= 0.3 is 6.18 Å². The van der Waals surface area contributed by atoms with E-state index in [9.17, 15) is 23.1 Å². The highest BCUT2D eigenvalue weighted by Crippen LogP contribution is 2.16. The summed E-state index contributed by atoms with van der Waals surface area (Å²) in [4.78, 5) is 13.7. The van der Waals surface area contributed by atoms with E-state index in [1.165, 1.54) is 0 Å². The highest BCUT2D eigenvalue weighted by Gasteiger charge is 2.29. The van der Waals surface area contributed by atoms with Crippen LogP contribution in [-0.4, -0.2) is 67.0 Å². The quantitative estimate of drug-likeness (QED) is 0.646. The number of aliphatic hydroxyl groups is 1. The average molecular weight is 325 g/mol. The molecule has 0 aromatic heterocycles. The van der Waals surface area contributed by atoms with Crippen LogP contribution in [0.4, 0.5) is 13.2 Å². The predicted octanol–water partition coefficient (Wildman–Crippen LogP) is 0.736. The van der Waals surface area contributed by atoms with Crippen molar-refractivity contribution in [3.05, 3.63) is 0 Å². The van der Waals surface area contributed by atoms with E-state index in [0.29, 0.717) is 19.0 Å². The molecule has 8 heteroatoms. The number of carbonyl (C=O) groups excluding carboxylic acids is 1. The Balaban J connectivity index is 2.19. The Morgan fingerprint density at radius 1 is 1.32 bits per heavy atom. The number of nitrogens with zero attached hydrogens (tertiary/aromatic N) is 1. The van der Waals surface area contributed by atoms with Gasteiger partial charge in [-0.05, 0) is 52.2 Å². The number of amides is 1. The maximum Gasteiger partial charge on any atom is 0.405 e. The van der Waals surface area contributed by atoms with E-state index in [-0.39, 0.29) is 6.10 Å². The van der Waals surface area contributed by atoms with Crippen molar-refractivity contribution in [2.75, 3.05) is 32.7 Å². The van der Waals surface area contributed by atoms with Gasteiger partial charge in [0.15, 0.2) is 0 Å². The van der Waals surface area contributed by atoms with Gasteiger partial charge in [-0.3, -0.25) is 4.79 Å². The van der Waals surface area contributed by atoms with Crippen LogP contribution in [0.5, 0.6) is 0 Å². The van der Waals surface area contributed by atoms with Gasteiger partial charge in [0, 0.05) is 6.54 Å². The molecule has 0 bridgehead atoms. The summed E-state index contributed by atoms with van der Waals surface area (Å²) in [6, 6.07) is -0.641. The molecular weight excluding hydrogens is 299 g/mol. The molecule has 1 aliphatic rings. The van der Waals surface area contributed by atoms with Gasteiger partial charge in [0.1, 0.15) is 6.54 Å². The lowest BCUT2D eigenvalue weighted by Crippen LogP contribution is -2.47. The number of hydrogen-bond donors (Lipinski definition) is 3. The molecule has 2 atom stereocenters. The summed E-state index contributed by atoms with van der Waals surface area (Å²) in [7, 11) is 0. The van der Waals surface area contributed by atoms with Gasteiger partial charge in [-0.1, -0.05) is 0 Å². The van der Waals surface area contributed by atoms with Crippen molar-refractivity contribution >= 4 is 5.91 Å². The fraction of sp³-hybridized carbons (Fsp3) is 0.929. The van der Waals surface area contributed by atoms with Gasteiger partial charge in [-0.15, -0.1) is 0 Å². The van der Waals surface area contributed by atoms with Crippen LogP contribution in [0.25, 0.3) is 0 Å². The Hall–Kier alpha value is -0.860. The molecule has 0 unspecified atom stereocenters. The molecule has 5 nitrogen and oxygen atoms in total. The highest BCUT2D eigenvalue weighted by molar-refractivity contribution is 5.81. The van der Waals surface area contributed by atoms with Crippen LogP contribution in [0.2, 0.25) is 0 Å². The van der Waals surface area contributed by atoms with E-state index in [0.717, 1.165) is 25.9 Å². The van der Waals surface area contributed by atoms with Crippen molar-refractivity contribution in [2.45, 2.75) is 45.0 Å². The zero-order chi connectivity index (χ0) is 16.8. The number of halogens is 3. The molecular formula is C14H26F3N3O2. The lowest BCUT2D eigenvalue weighted by Gasteiger charge is -2.33. The van der Waals surface area contributed by atoms with E-state index in [1.807, 2.05) is 5.32 Å². The molecule has 1 aliphatic heterocycles. The number of piperidine rings is 1. The Morgan fingerprint density at radius 3 is 2.41 bits per heavy atom. The first-order valence-electron chi connectivity index (χ1n) is 7.65. The smallest absolute Gasteiger partial charge is 0.392 e. The lowest BCUT2D eigenvalue weighted by atomic mass is 9.96. The van der Waals surface area contributed by atoms with Crippen molar-refractivity contribution in [1.29, 1.82) is 0 Å². The normalized spacial score (nSPS) is 20.6. The van der Waals surface area contributed by atoms with Crippen molar-refractivity contribution in [3.8, 4) is 0 Å². The van der Waals surface area contributed by atoms with Crippen molar-refractivity contribution in [1.82, 2.24) is 15.5 Å². The number of carbonyl (C=O) groups is 1. The maximum absolute atomic E-state index is 12.0. The molecule has 3 N–H and O–H groups in total. The van der Waals surface area contributed by atoms with Crippen LogP contribution in [0.3, 0.4) is 0 Å². The fourth-order valence-electron chi connectivity index (χ4n) is 2.52. The molecule has 1 rings (SSSR count). The van der Waals surface area contributed by atoms with Crippen molar-refractivity contribution in [3.63, 3.8) is 0 Å². The van der Waals surface area contributed by atoms with Crippen LogP contribution in [0.1, 0.15) is 26.7 Å². The molecule has 1 heterocycles. The Morgan fingerprint density at radius 2 is 1.91 bits per heavy atom. The molecule has 22 heavy (non-hydrogen) atoms. The fourth-order valence-corrected chi connectivity index (χ4v) is 2.52. The van der Waals surface area contributed by atoms with Gasteiger partial charge in [0.25, 0.3) is 0 Å². The molecule has 0 aromatic carbocycles. The molecule has 1 saturated heterocycles. The first-order chi connectivity index (χ1) is 10.2. The average Bonchev–Trinajstić information content (AvgIpc) is 2.42. The summed E-state index contributed by atoms with van der Waals surface area (Å²) < 4.78 is 36.1. The number of hydrogen-bond acceptors (Lipinski definition) is 4. The van der Waals surface area contributed by atoms with E-state index >= 15 is 0 Å². The molecule has 130 valence electrons. The molecule has 1 amide bonds. The zero-order valence-corrected chi connectivity index (χ0v) is 13.1. The SMILES string of the molecule is C[C@H](O)CN1CCC(CN[C@@H](C)C(=O)NCC(F)(F)F)CC1. The van der Waals surface area contributed by atoms with E-state index < -0.39 is 24.7 Å². The first kappa shape index (κ1) is 19.2. The van der Waals surface area contributed by atoms with E-state index in [1.54, 1.807) is 13.8 Å². The van der Waals surface area contributed by atoms with Gasteiger partial charge in [-0.2, -0.15) is 13.2 Å². The zero-order valence-electron chi connectivity index (χ0n) is 13.1. The van der Waals surface area contributed by atoms with Crippen molar-refractivity contribution in [2.24, 2.45) is 5.92 Å². The number of β-amino-alcohol motifs (C(OH)–C–C–N with tert-alkyl or cyclic N) is 1. The van der Waals surface area contributed by atoms with E-state index in [2.05, 4.69) is 10.2 Å². The third-order valence-electron chi connectivity index (χ3n) is 3.80. The molecule has 0 spiro atoms. The van der Waals surface area contributed by atoms with Crippen LogP contribution >= 0.6 is 0 Å². The second-order valence-electron chi connectivity index (χ2n) is 6.06. The van der Waals surface area contributed by atoms with Gasteiger partial charge < -0.3 is 20.6 Å². The summed E-state index contributed by atoms with van der Waals surface area (Å²) in [6.07, 6.45) is -2.81. The van der Waals surface area contributed by atoms with Gasteiger partial charge in [0.2, 0.25) is 5.91 Å². The van der Waals surface area contributed by atoms with Crippen LogP contribution < -0.4 is 10.6 Å². The minimum absolute atomic E-state index is 0.341. The monoisotopic (exact) mass is 325 g/mol. The van der Waals surface area contributed by atoms with Crippen LogP contribution in [-0.2, 0) is 4.79 Å². The van der Waals surface area contributed by atoms with E-state index in [4.69, 9.17) is 0 Å². The minimum atomic E-state index is -4.38. The van der Waals surface area contributed by atoms with Crippen LogP contribution in [0, 0.1) is 5.92 Å². The number of nitrogens with one attached hydrogen (secondary N) is 2. The predicted molar refractivity (Wildman–Crippen MR) is 77.4 cm³/mol. The third kappa shape index (κ3) is 7.95. The summed E-state index contributed by atoms with van der Waals surface area (Å²) >= 11 is 0. The first-order valence-corrected chi connectivity index (χ1v) is 7.65. The summed E-state index contributed by atoms with van der Waals surface area (Å²) in [6.45, 7) is 5.09. The molecule has 0 aliphatic carbocycles. The number of rotatable bonds is 7. The second-order valence-corrected chi connectivity index (χ2v) is 6.06. The Labute approximate surface area is 129 Å². The number of likely N-dealkylation sites (tertiary alicyclic amines) is 1. The Bertz CT molecular complexity index is 343. The molecule has 0 aromatic rings. The second kappa shape index (κ2) is 8.69. The minimum Gasteiger partial charge on any atom is -0.392 e. The lowest BCUT2D eigenvalue weighted by molar-refractivity contribution is -0.139. The standard InChI is InChI=1S/C14H26F3N3O2/c1-10(21)8-20-5-3-12(4-6-20)7-18-11(2)13(22)19-9-14(15,16)17/h10-12,18,21H,3-9H2,1-2H3,(H,19,22)/t10-,11-/m0/s1. The highest BCUT2D eigenvalue weighted by atomic mass is 19.4. The number of aliphatic hydroxyl groups excluding tert-OH is 1. The summed E-state index contributed by atoms with van der Waals surface area (Å²) in [5.74, 6) is -0.230. The third-order valence-corrected chi connectivity index (χ3v) is 3.80. The topological polar surface area (TPSA) is 64.6 Å². The summed E-state index contributed by atoms with van der Waals surface area (Å²) in [5, 5.41) is 14.2. The van der Waals surface area contributed by atoms with Crippen molar-refractivity contribution < 1.29 is 23.1 Å². The largest absolute Gasteiger partial charge is 0.405 e. The molecule has 0 radical (unpaired) electrons. The Kier molecular flexibility index (Phi) is 7.58. The van der Waals surface area contributed by atoms with Crippen LogP contribution in [0.15, 0.2) is 0 Å². The molecule has 1 fully saturated rings. The molecule has 0 saturated carbocycles. The maximum atomic E-state index is 12.0. The number of alkyl halides is 3.